The van der Waals surface area contributed by atoms with E-state index in [1.165, 1.54) is 0 Å². The predicted octanol–water partition coefficient (Wildman–Crippen LogP) is 2.28. The number of fused-ring (bicyclic) bond motifs is 1. The van der Waals surface area contributed by atoms with Crippen molar-refractivity contribution in [1.29, 1.82) is 0 Å². The zero-order valence-corrected chi connectivity index (χ0v) is 20.3. The number of hydrogen-bond acceptors (Lipinski definition) is 4. The van der Waals surface area contributed by atoms with Crippen molar-refractivity contribution >= 4 is 45.6 Å². The van der Waals surface area contributed by atoms with Crippen molar-refractivity contribution in [2.75, 3.05) is 26.7 Å². The minimum Gasteiger partial charge on any atom is -0.356 e. The molecule has 0 amide bonds. The van der Waals surface area contributed by atoms with Crippen LogP contribution in [0.2, 0.25) is 0 Å². The Kier molecular flexibility index (Phi) is 8.55. The molecule has 0 radical (unpaired) electrons. The second-order valence-electron chi connectivity index (χ2n) is 7.17. The first-order valence-electron chi connectivity index (χ1n) is 9.58. The van der Waals surface area contributed by atoms with Gasteiger partial charge < -0.3 is 15.0 Å². The topological polar surface area (TPSA) is 91.1 Å². The first-order chi connectivity index (χ1) is 14.1. The highest BCUT2D eigenvalue weighted by atomic mass is 127. The van der Waals surface area contributed by atoms with Crippen LogP contribution in [0.4, 0.5) is 13.2 Å². The van der Waals surface area contributed by atoms with Gasteiger partial charge in [0.05, 0.1) is 5.69 Å². The molecule has 2 aromatic heterocycles. The first-order valence-corrected chi connectivity index (χ1v) is 11.0. The normalized spacial score (nSPS) is 16.9. The zero-order valence-electron chi connectivity index (χ0n) is 17.2. The molecule has 13 heteroatoms. The molecule has 2 aromatic rings. The molecule has 2 N–H and O–H groups in total. The van der Waals surface area contributed by atoms with Gasteiger partial charge in [-0.05, 0) is 31.4 Å². The van der Waals surface area contributed by atoms with Gasteiger partial charge in [-0.15, -0.1) is 24.0 Å². The second-order valence-corrected chi connectivity index (χ2v) is 9.10. The van der Waals surface area contributed by atoms with Crippen LogP contribution in [0.5, 0.6) is 0 Å². The van der Waals surface area contributed by atoms with Crippen LogP contribution in [0.3, 0.4) is 0 Å². The Hall–Kier alpha value is -1.61. The van der Waals surface area contributed by atoms with Crippen LogP contribution in [-0.4, -0.2) is 66.3 Å². The number of piperidine rings is 1. The molecular formula is C18H26F3IN6O2S. The minimum absolute atomic E-state index is 0. The molecule has 0 aliphatic carbocycles. The monoisotopic (exact) mass is 574 g/mol. The maximum Gasteiger partial charge on any atom is 0.511 e. The summed E-state index contributed by atoms with van der Waals surface area (Å²) >= 11 is 0. The van der Waals surface area contributed by atoms with E-state index in [4.69, 9.17) is 0 Å². The summed E-state index contributed by atoms with van der Waals surface area (Å²) in [6, 6.07) is 3.80. The quantitative estimate of drug-likeness (QED) is 0.325. The first kappa shape index (κ1) is 25.6. The fraction of sp³-hybridized carbons (Fsp3) is 0.556. The summed E-state index contributed by atoms with van der Waals surface area (Å²) in [5.41, 5.74) is -2.33. The number of sulfonamides is 1. The Morgan fingerprint density at radius 1 is 1.32 bits per heavy atom. The Morgan fingerprint density at radius 3 is 2.58 bits per heavy atom. The lowest BCUT2D eigenvalue weighted by Gasteiger charge is -2.32. The average Bonchev–Trinajstić information content (AvgIpc) is 3.11. The number of halogens is 4. The molecular weight excluding hydrogens is 548 g/mol. The van der Waals surface area contributed by atoms with Crippen molar-refractivity contribution < 1.29 is 21.6 Å². The van der Waals surface area contributed by atoms with Gasteiger partial charge in [0.2, 0.25) is 0 Å². The molecule has 8 nitrogen and oxygen atoms in total. The van der Waals surface area contributed by atoms with Gasteiger partial charge in [0.25, 0.3) is 0 Å². The highest BCUT2D eigenvalue weighted by molar-refractivity contribution is 14.0. The molecule has 1 aliphatic heterocycles. The van der Waals surface area contributed by atoms with Crippen molar-refractivity contribution in [3.05, 3.63) is 35.8 Å². The van der Waals surface area contributed by atoms with Crippen LogP contribution >= 0.6 is 24.0 Å². The molecule has 0 aromatic carbocycles. The van der Waals surface area contributed by atoms with Crippen LogP contribution in [0.25, 0.3) is 5.65 Å². The van der Waals surface area contributed by atoms with Gasteiger partial charge in [-0.2, -0.15) is 17.5 Å². The van der Waals surface area contributed by atoms with Gasteiger partial charge >= 0.3 is 15.5 Å². The van der Waals surface area contributed by atoms with Crippen LogP contribution in [0.15, 0.2) is 29.5 Å². The summed E-state index contributed by atoms with van der Waals surface area (Å²) in [6.07, 6.45) is 5.11. The number of nitrogens with zero attached hydrogens (tertiary/aromatic N) is 4. The Morgan fingerprint density at radius 2 is 2.00 bits per heavy atom. The van der Waals surface area contributed by atoms with E-state index in [1.807, 2.05) is 35.9 Å². The van der Waals surface area contributed by atoms with Gasteiger partial charge in [-0.3, -0.25) is 4.99 Å². The Labute approximate surface area is 196 Å². The molecule has 174 valence electrons. The third-order valence-corrected chi connectivity index (χ3v) is 6.68. The largest absolute Gasteiger partial charge is 0.511 e. The molecule has 3 heterocycles. The summed E-state index contributed by atoms with van der Waals surface area (Å²) in [5.74, 6) is 0.520. The number of aliphatic imine (C=N–C) groups is 1. The number of aryl methyl sites for hydroxylation is 1. The number of hydrogen-bond donors (Lipinski definition) is 2. The zero-order chi connectivity index (χ0) is 21.9. The number of nitrogens with one attached hydrogen (secondary N) is 2. The van der Waals surface area contributed by atoms with Crippen molar-refractivity contribution in [3.63, 3.8) is 0 Å². The van der Waals surface area contributed by atoms with E-state index in [0.29, 0.717) is 23.2 Å². The third-order valence-electron chi connectivity index (χ3n) is 5.05. The number of rotatable bonds is 5. The SMILES string of the molecule is CN=C(NCCc1cn2cccc(C)c2n1)NC1CCN(S(=O)(=O)C(F)(F)F)CC1.I. The minimum atomic E-state index is -5.27. The van der Waals surface area contributed by atoms with Gasteiger partial charge in [0.1, 0.15) is 5.65 Å². The molecule has 0 atom stereocenters. The number of pyridine rings is 1. The fourth-order valence-corrected chi connectivity index (χ4v) is 4.39. The Balaban J connectivity index is 0.00000341. The van der Waals surface area contributed by atoms with Crippen LogP contribution in [0, 0.1) is 6.92 Å². The van der Waals surface area contributed by atoms with Crippen LogP contribution in [-0.2, 0) is 16.4 Å². The highest BCUT2D eigenvalue weighted by Gasteiger charge is 2.50. The van der Waals surface area contributed by atoms with Crippen molar-refractivity contribution in [1.82, 2.24) is 24.3 Å². The highest BCUT2D eigenvalue weighted by Crippen LogP contribution is 2.28. The van der Waals surface area contributed by atoms with Crippen molar-refractivity contribution in [2.24, 2.45) is 4.99 Å². The molecule has 31 heavy (non-hydrogen) atoms. The van der Waals surface area contributed by atoms with E-state index in [9.17, 15) is 21.6 Å². The summed E-state index contributed by atoms with van der Waals surface area (Å²) in [4.78, 5) is 8.74. The fourth-order valence-electron chi connectivity index (χ4n) is 3.41. The smallest absolute Gasteiger partial charge is 0.356 e. The summed E-state index contributed by atoms with van der Waals surface area (Å²) in [7, 11) is -3.66. The molecule has 0 bridgehead atoms. The van der Waals surface area contributed by atoms with Gasteiger partial charge in [0.15, 0.2) is 5.96 Å². The van der Waals surface area contributed by atoms with E-state index in [1.54, 1.807) is 7.05 Å². The molecule has 3 rings (SSSR count). The van der Waals surface area contributed by atoms with E-state index in [0.717, 1.165) is 16.9 Å². The summed E-state index contributed by atoms with van der Waals surface area (Å²) < 4.78 is 63.5. The molecule has 1 fully saturated rings. The van der Waals surface area contributed by atoms with E-state index in [-0.39, 0.29) is 55.9 Å². The van der Waals surface area contributed by atoms with E-state index < -0.39 is 15.5 Å². The molecule has 0 saturated carbocycles. The predicted molar refractivity (Wildman–Crippen MR) is 123 cm³/mol. The van der Waals surface area contributed by atoms with Gasteiger partial charge in [-0.1, -0.05) is 6.07 Å². The average molecular weight is 574 g/mol. The van der Waals surface area contributed by atoms with Gasteiger partial charge in [-0.25, -0.2) is 13.4 Å². The second kappa shape index (κ2) is 10.3. The van der Waals surface area contributed by atoms with Crippen LogP contribution in [0.1, 0.15) is 24.1 Å². The van der Waals surface area contributed by atoms with Crippen molar-refractivity contribution in [3.8, 4) is 0 Å². The number of alkyl halides is 3. The molecule has 1 saturated heterocycles. The lowest BCUT2D eigenvalue weighted by atomic mass is 10.1. The van der Waals surface area contributed by atoms with Crippen LogP contribution < -0.4 is 10.6 Å². The van der Waals surface area contributed by atoms with E-state index >= 15 is 0 Å². The summed E-state index contributed by atoms with van der Waals surface area (Å²) in [5, 5.41) is 6.32. The lowest BCUT2D eigenvalue weighted by molar-refractivity contribution is -0.0494. The molecule has 0 unspecified atom stereocenters. The summed E-state index contributed by atoms with van der Waals surface area (Å²) in [6.45, 7) is 2.21. The Bertz CT molecular complexity index is 1020. The maximum atomic E-state index is 12.7. The lowest BCUT2D eigenvalue weighted by Crippen LogP contribution is -2.51. The number of imidazole rings is 1. The molecule has 0 spiro atoms. The number of guanidine groups is 1. The maximum absolute atomic E-state index is 12.7. The van der Waals surface area contributed by atoms with E-state index in [2.05, 4.69) is 20.6 Å². The third kappa shape index (κ3) is 6.00. The number of aromatic nitrogens is 2. The van der Waals surface area contributed by atoms with Gasteiger partial charge in [0, 0.05) is 51.5 Å². The molecule has 1 aliphatic rings. The standard InChI is InChI=1S/C18H25F3N6O2S.HI/c1-13-4-3-9-26-12-15(24-16(13)26)5-8-23-17(22-2)25-14-6-10-27(11-7-14)30(28,29)18(19,20)21;/h3-4,9,12,14H,5-8,10-11H2,1-2H3,(H2,22,23,25);1H. The van der Waals surface area contributed by atoms with Crippen molar-refractivity contribution in [2.45, 2.75) is 37.7 Å².